The zero-order valence-electron chi connectivity index (χ0n) is 34.6. The van der Waals surface area contributed by atoms with Crippen molar-refractivity contribution >= 4 is 17.5 Å². The number of hydrogen-bond donors (Lipinski definition) is 2. The molecule has 0 amide bonds. The SMILES string of the molecule is COc1ccc(C(c2ccccc2)(c2ccccc2)c2c(O)c(C(=O)c3ccccc3)c(C(=O)c3ccccc3)c3c2Oc2cc(O)ccc2C32OC(=O)c3ccccc32)c(OC)c1. The molecule has 0 aliphatic carbocycles. The maximum atomic E-state index is 15.7. The monoisotopic (exact) mass is 842 g/mol. The van der Waals surface area contributed by atoms with E-state index in [0.717, 1.165) is 0 Å². The van der Waals surface area contributed by atoms with E-state index in [1.165, 1.54) is 19.2 Å². The second-order valence-corrected chi connectivity index (χ2v) is 15.5. The van der Waals surface area contributed by atoms with Gasteiger partial charge in [-0.2, -0.15) is 0 Å². The minimum absolute atomic E-state index is 0.00800. The van der Waals surface area contributed by atoms with Crippen LogP contribution in [0.3, 0.4) is 0 Å². The molecular weight excluding hydrogens is 805 g/mol. The van der Waals surface area contributed by atoms with Crippen LogP contribution in [-0.4, -0.2) is 42.0 Å². The largest absolute Gasteiger partial charge is 0.508 e. The number of esters is 1. The fourth-order valence-corrected chi connectivity index (χ4v) is 9.54. The van der Waals surface area contributed by atoms with Crippen molar-refractivity contribution in [2.45, 2.75) is 11.0 Å². The van der Waals surface area contributed by atoms with E-state index in [1.807, 2.05) is 66.7 Å². The second kappa shape index (κ2) is 15.5. The summed E-state index contributed by atoms with van der Waals surface area (Å²) in [6.07, 6.45) is 0. The van der Waals surface area contributed by atoms with Crippen LogP contribution in [0, 0.1) is 0 Å². The Kier molecular flexibility index (Phi) is 9.60. The fourth-order valence-electron chi connectivity index (χ4n) is 9.54. The molecule has 9 nitrogen and oxygen atoms in total. The Morgan fingerprint density at radius 3 is 1.75 bits per heavy atom. The van der Waals surface area contributed by atoms with Gasteiger partial charge in [0.15, 0.2) is 17.2 Å². The van der Waals surface area contributed by atoms with Crippen LogP contribution in [0.4, 0.5) is 0 Å². The van der Waals surface area contributed by atoms with Crippen molar-refractivity contribution in [1.82, 2.24) is 0 Å². The first-order chi connectivity index (χ1) is 31.2. The summed E-state index contributed by atoms with van der Waals surface area (Å²) in [4.78, 5) is 45.8. The smallest absolute Gasteiger partial charge is 0.340 e. The van der Waals surface area contributed by atoms with E-state index in [1.54, 1.807) is 110 Å². The van der Waals surface area contributed by atoms with Gasteiger partial charge in [-0.05, 0) is 35.4 Å². The second-order valence-electron chi connectivity index (χ2n) is 15.5. The first kappa shape index (κ1) is 39.7. The maximum Gasteiger partial charge on any atom is 0.340 e. The first-order valence-electron chi connectivity index (χ1n) is 20.5. The van der Waals surface area contributed by atoms with Crippen molar-refractivity contribution in [3.8, 4) is 34.5 Å². The summed E-state index contributed by atoms with van der Waals surface area (Å²) in [6.45, 7) is 0. The lowest BCUT2D eigenvalue weighted by Gasteiger charge is -2.44. The Hall–Kier alpha value is -8.43. The molecule has 2 aliphatic heterocycles. The van der Waals surface area contributed by atoms with Gasteiger partial charge in [-0.3, -0.25) is 9.59 Å². The van der Waals surface area contributed by atoms with E-state index in [2.05, 4.69) is 0 Å². The number of benzene rings is 8. The van der Waals surface area contributed by atoms with Crippen LogP contribution in [-0.2, 0) is 15.8 Å². The molecule has 1 unspecified atom stereocenters. The number of rotatable bonds is 10. The maximum absolute atomic E-state index is 15.7. The van der Waals surface area contributed by atoms with Crippen LogP contribution in [0.25, 0.3) is 0 Å². The number of carbonyl (C=O) groups excluding carboxylic acids is 3. The van der Waals surface area contributed by atoms with Gasteiger partial charge in [0.2, 0.25) is 0 Å². The van der Waals surface area contributed by atoms with Gasteiger partial charge in [-0.1, -0.05) is 146 Å². The molecule has 1 atom stereocenters. The molecule has 0 aromatic heterocycles. The van der Waals surface area contributed by atoms with E-state index in [9.17, 15) is 15.0 Å². The standard InChI is InChI=1S/C55H38O9/c1-61-38-28-30-41(43(32-38)62-2)54(35-21-11-5-12-22-35,36-23-13-6-14-24-36)48-51(59)46(50(58)34-19-9-4-10-20-34)45(49(57)33-17-7-3-8-18-33)47-52(48)63-44-31-37(56)27-29-42(44)55(47)40-26-16-15-25-39(40)53(60)64-55/h3-32,56,59H,1-2H3. The first-order valence-corrected chi connectivity index (χ1v) is 20.5. The zero-order valence-corrected chi connectivity index (χ0v) is 34.6. The van der Waals surface area contributed by atoms with Gasteiger partial charge >= 0.3 is 5.97 Å². The third-order valence-electron chi connectivity index (χ3n) is 12.2. The molecule has 2 heterocycles. The molecule has 0 bridgehead atoms. The number of aromatic hydroxyl groups is 2. The van der Waals surface area contributed by atoms with Crippen LogP contribution in [0.15, 0.2) is 182 Å². The van der Waals surface area contributed by atoms with E-state index in [4.69, 9.17) is 18.9 Å². The highest BCUT2D eigenvalue weighted by Gasteiger charge is 2.59. The summed E-state index contributed by atoms with van der Waals surface area (Å²) in [7, 11) is 3.07. The Balaban J connectivity index is 1.52. The summed E-state index contributed by atoms with van der Waals surface area (Å²) in [5.74, 6) is -1.93. The molecule has 2 aliphatic rings. The molecular formula is C55H38O9. The molecule has 10 rings (SSSR count). The normalized spacial score (nSPS) is 14.7. The van der Waals surface area contributed by atoms with Crippen LogP contribution >= 0.6 is 0 Å². The number of phenolic OH excluding ortho intramolecular Hbond substituents is 2. The molecule has 0 radical (unpaired) electrons. The number of methoxy groups -OCH3 is 2. The molecule has 8 aromatic rings. The minimum atomic E-state index is -1.98. The number of ketones is 2. The van der Waals surface area contributed by atoms with Gasteiger partial charge in [-0.25, -0.2) is 4.79 Å². The van der Waals surface area contributed by atoms with Crippen molar-refractivity contribution in [2.75, 3.05) is 14.2 Å². The predicted octanol–water partition coefficient (Wildman–Crippen LogP) is 10.5. The van der Waals surface area contributed by atoms with Crippen LogP contribution in [0.1, 0.15) is 81.1 Å². The van der Waals surface area contributed by atoms with Gasteiger partial charge in [-0.15, -0.1) is 0 Å². The number of fused-ring (bicyclic) bond motifs is 6. The molecule has 0 saturated heterocycles. The van der Waals surface area contributed by atoms with Crippen molar-refractivity contribution < 1.29 is 43.5 Å². The molecule has 0 fully saturated rings. The molecule has 2 N–H and O–H groups in total. The fraction of sp³-hybridized carbons (Fsp3) is 0.0727. The van der Waals surface area contributed by atoms with Gasteiger partial charge in [0, 0.05) is 45.5 Å². The average molecular weight is 843 g/mol. The van der Waals surface area contributed by atoms with Gasteiger partial charge in [0.1, 0.15) is 34.5 Å². The zero-order chi connectivity index (χ0) is 44.2. The number of ether oxygens (including phenoxy) is 4. The third-order valence-corrected chi connectivity index (χ3v) is 12.2. The highest BCUT2D eigenvalue weighted by molar-refractivity contribution is 6.23. The molecule has 8 aromatic carbocycles. The lowest BCUT2D eigenvalue weighted by molar-refractivity contribution is 0.0219. The molecule has 0 saturated carbocycles. The summed E-state index contributed by atoms with van der Waals surface area (Å²) >= 11 is 0. The summed E-state index contributed by atoms with van der Waals surface area (Å²) in [5, 5.41) is 24.9. The van der Waals surface area contributed by atoms with Crippen LogP contribution in [0.5, 0.6) is 34.5 Å². The van der Waals surface area contributed by atoms with Crippen LogP contribution in [0.2, 0.25) is 0 Å². The van der Waals surface area contributed by atoms with E-state index in [-0.39, 0.29) is 61.8 Å². The van der Waals surface area contributed by atoms with Gasteiger partial charge in [0.05, 0.1) is 41.9 Å². The van der Waals surface area contributed by atoms with Gasteiger partial charge in [0.25, 0.3) is 0 Å². The Morgan fingerprint density at radius 1 is 0.594 bits per heavy atom. The number of hydrogen-bond acceptors (Lipinski definition) is 9. The minimum Gasteiger partial charge on any atom is -0.508 e. The van der Waals surface area contributed by atoms with E-state index in [0.29, 0.717) is 33.8 Å². The molecule has 9 heteroatoms. The summed E-state index contributed by atoms with van der Waals surface area (Å²) < 4.78 is 25.8. The average Bonchev–Trinajstić information content (AvgIpc) is 3.64. The van der Waals surface area contributed by atoms with Crippen LogP contribution < -0.4 is 14.2 Å². The lowest BCUT2D eigenvalue weighted by atomic mass is 9.61. The van der Waals surface area contributed by atoms with Crippen molar-refractivity contribution in [2.24, 2.45) is 0 Å². The lowest BCUT2D eigenvalue weighted by Crippen LogP contribution is -2.39. The quantitative estimate of drug-likeness (QED) is 0.0785. The molecule has 1 spiro atoms. The summed E-state index contributed by atoms with van der Waals surface area (Å²) in [5.41, 5.74) is -1.27. The molecule has 64 heavy (non-hydrogen) atoms. The highest BCUT2D eigenvalue weighted by atomic mass is 16.6. The molecule has 312 valence electrons. The number of phenols is 2. The predicted molar refractivity (Wildman–Crippen MR) is 239 cm³/mol. The Bertz CT molecular complexity index is 3110. The van der Waals surface area contributed by atoms with E-state index >= 15 is 9.59 Å². The van der Waals surface area contributed by atoms with Crippen molar-refractivity contribution in [3.05, 3.63) is 249 Å². The topological polar surface area (TPSA) is 129 Å². The Labute approximate surface area is 368 Å². The number of carbonyl (C=O) groups is 3. The third kappa shape index (κ3) is 5.81. The van der Waals surface area contributed by atoms with Gasteiger partial charge < -0.3 is 29.2 Å². The Morgan fingerprint density at radius 2 is 1.16 bits per heavy atom. The summed E-state index contributed by atoms with van der Waals surface area (Å²) in [6, 6.07) is 52.2. The van der Waals surface area contributed by atoms with Crippen molar-refractivity contribution in [3.63, 3.8) is 0 Å². The van der Waals surface area contributed by atoms with Crippen molar-refractivity contribution in [1.29, 1.82) is 0 Å². The highest BCUT2D eigenvalue weighted by Crippen LogP contribution is 2.65. The van der Waals surface area contributed by atoms with E-state index < -0.39 is 34.3 Å².